The number of carbonyl (C=O) groups excluding carboxylic acids is 2. The first kappa shape index (κ1) is 18.2. The molecule has 0 aromatic heterocycles. The van der Waals surface area contributed by atoms with Crippen molar-refractivity contribution in [2.45, 2.75) is 32.1 Å². The second kappa shape index (κ2) is 8.63. The van der Waals surface area contributed by atoms with Crippen LogP contribution in [0.25, 0.3) is 0 Å². The summed E-state index contributed by atoms with van der Waals surface area (Å²) in [5.74, 6) is -0.900. The molecule has 0 spiro atoms. The van der Waals surface area contributed by atoms with Gasteiger partial charge in [0.25, 0.3) is 11.6 Å². The predicted octanol–water partition coefficient (Wildman–Crippen LogP) is 3.10. The van der Waals surface area contributed by atoms with Crippen LogP contribution >= 0.6 is 11.6 Å². The van der Waals surface area contributed by atoms with Crippen molar-refractivity contribution in [1.29, 1.82) is 0 Å². The van der Waals surface area contributed by atoms with E-state index < -0.39 is 29.1 Å². The van der Waals surface area contributed by atoms with Crippen LogP contribution in [0.4, 0.5) is 5.69 Å². The number of ether oxygens (including phenoxy) is 1. The monoisotopic (exact) mass is 354 g/mol. The number of hydrogen-bond donors (Lipinski definition) is 1. The van der Waals surface area contributed by atoms with E-state index in [-0.39, 0.29) is 10.6 Å². The van der Waals surface area contributed by atoms with Gasteiger partial charge in [-0.3, -0.25) is 14.9 Å². The van der Waals surface area contributed by atoms with Crippen molar-refractivity contribution in [1.82, 2.24) is 5.32 Å². The molecule has 0 radical (unpaired) electrons. The Bertz CT molecular complexity index is 629. The quantitative estimate of drug-likeness (QED) is 0.480. The van der Waals surface area contributed by atoms with Crippen molar-refractivity contribution in [3.63, 3.8) is 0 Å². The molecule has 1 N–H and O–H groups in total. The minimum absolute atomic E-state index is 0.175. The molecular formula is C16H19ClN2O5. The van der Waals surface area contributed by atoms with Crippen LogP contribution in [0.2, 0.25) is 5.02 Å². The SMILES string of the molecule is O=C(COC(=O)c1cc(Cl)ccc1[N+](=O)[O-])NCC1CCCCC1. The van der Waals surface area contributed by atoms with Crippen LogP contribution in [0.1, 0.15) is 42.5 Å². The number of nitro benzene ring substituents is 1. The molecule has 1 aromatic carbocycles. The van der Waals surface area contributed by atoms with Crippen LogP contribution in [-0.4, -0.2) is 30.0 Å². The lowest BCUT2D eigenvalue weighted by molar-refractivity contribution is -0.385. The van der Waals surface area contributed by atoms with E-state index in [2.05, 4.69) is 5.32 Å². The number of amides is 1. The normalized spacial score (nSPS) is 14.9. The summed E-state index contributed by atoms with van der Waals surface area (Å²) in [6.45, 7) is 0.0862. The molecule has 7 nitrogen and oxygen atoms in total. The van der Waals surface area contributed by atoms with E-state index in [1.807, 2.05) is 0 Å². The number of benzene rings is 1. The molecule has 1 fully saturated rings. The summed E-state index contributed by atoms with van der Waals surface area (Å²) in [7, 11) is 0. The van der Waals surface area contributed by atoms with Gasteiger partial charge in [0, 0.05) is 17.6 Å². The maximum absolute atomic E-state index is 12.0. The zero-order valence-corrected chi connectivity index (χ0v) is 13.9. The predicted molar refractivity (Wildman–Crippen MR) is 88.0 cm³/mol. The van der Waals surface area contributed by atoms with Gasteiger partial charge in [0.15, 0.2) is 6.61 Å². The third-order valence-electron chi connectivity index (χ3n) is 4.02. The summed E-state index contributed by atoms with van der Waals surface area (Å²) in [6.07, 6.45) is 5.77. The molecule has 0 saturated heterocycles. The minimum Gasteiger partial charge on any atom is -0.452 e. The van der Waals surface area contributed by atoms with Crippen molar-refractivity contribution < 1.29 is 19.2 Å². The lowest BCUT2D eigenvalue weighted by Gasteiger charge is -2.21. The van der Waals surface area contributed by atoms with Crippen molar-refractivity contribution in [3.05, 3.63) is 38.9 Å². The first-order valence-electron chi connectivity index (χ1n) is 7.85. The number of nitro groups is 1. The Morgan fingerprint density at radius 2 is 2.00 bits per heavy atom. The molecule has 1 aliphatic rings. The van der Waals surface area contributed by atoms with E-state index >= 15 is 0 Å². The zero-order valence-electron chi connectivity index (χ0n) is 13.1. The topological polar surface area (TPSA) is 98.5 Å². The Morgan fingerprint density at radius 3 is 2.67 bits per heavy atom. The highest BCUT2D eigenvalue weighted by molar-refractivity contribution is 6.31. The average Bonchev–Trinajstić information content (AvgIpc) is 2.58. The fourth-order valence-corrected chi connectivity index (χ4v) is 2.91. The van der Waals surface area contributed by atoms with Crippen molar-refractivity contribution in [2.24, 2.45) is 5.92 Å². The Morgan fingerprint density at radius 1 is 1.29 bits per heavy atom. The Kier molecular flexibility index (Phi) is 6.54. The highest BCUT2D eigenvalue weighted by Crippen LogP contribution is 2.24. The first-order chi connectivity index (χ1) is 11.5. The van der Waals surface area contributed by atoms with Gasteiger partial charge in [-0.05, 0) is 30.9 Å². The van der Waals surface area contributed by atoms with E-state index in [9.17, 15) is 19.7 Å². The largest absolute Gasteiger partial charge is 0.452 e. The molecule has 1 aliphatic carbocycles. The van der Waals surface area contributed by atoms with Gasteiger partial charge in [-0.2, -0.15) is 0 Å². The van der Waals surface area contributed by atoms with E-state index in [1.54, 1.807) is 0 Å². The second-order valence-electron chi connectivity index (χ2n) is 5.80. The fourth-order valence-electron chi connectivity index (χ4n) is 2.74. The third-order valence-corrected chi connectivity index (χ3v) is 4.26. The number of esters is 1. The van der Waals surface area contributed by atoms with E-state index in [0.717, 1.165) is 25.0 Å². The average molecular weight is 355 g/mol. The highest BCUT2D eigenvalue weighted by atomic mass is 35.5. The van der Waals surface area contributed by atoms with Crippen molar-refractivity contribution >= 4 is 29.2 Å². The van der Waals surface area contributed by atoms with Gasteiger partial charge in [-0.25, -0.2) is 4.79 Å². The summed E-state index contributed by atoms with van der Waals surface area (Å²) < 4.78 is 4.86. The van der Waals surface area contributed by atoms with Crippen LogP contribution < -0.4 is 5.32 Å². The third kappa shape index (κ3) is 5.19. The Labute approximate surface area is 144 Å². The summed E-state index contributed by atoms with van der Waals surface area (Å²) in [4.78, 5) is 34.0. The number of halogens is 1. The molecule has 0 unspecified atom stereocenters. The molecule has 130 valence electrons. The summed E-state index contributed by atoms with van der Waals surface area (Å²) >= 11 is 5.75. The van der Waals surface area contributed by atoms with Crippen LogP contribution in [-0.2, 0) is 9.53 Å². The number of carbonyl (C=O) groups is 2. The summed E-state index contributed by atoms with van der Waals surface area (Å²) in [6, 6.07) is 3.59. The van der Waals surface area contributed by atoms with E-state index in [4.69, 9.17) is 16.3 Å². The second-order valence-corrected chi connectivity index (χ2v) is 6.24. The Balaban J connectivity index is 1.85. The molecule has 0 heterocycles. The fraction of sp³-hybridized carbons (Fsp3) is 0.500. The lowest BCUT2D eigenvalue weighted by atomic mass is 9.89. The molecule has 0 aliphatic heterocycles. The molecule has 0 bridgehead atoms. The number of nitrogens with zero attached hydrogens (tertiary/aromatic N) is 1. The maximum Gasteiger partial charge on any atom is 0.345 e. The number of rotatable bonds is 6. The first-order valence-corrected chi connectivity index (χ1v) is 8.23. The van der Waals surface area contributed by atoms with Gasteiger partial charge in [-0.15, -0.1) is 0 Å². The molecule has 0 atom stereocenters. The zero-order chi connectivity index (χ0) is 17.5. The van der Waals surface area contributed by atoms with Gasteiger partial charge >= 0.3 is 5.97 Å². The summed E-state index contributed by atoms with van der Waals surface area (Å²) in [5.41, 5.74) is -0.681. The molecule has 1 saturated carbocycles. The molecule has 1 amide bonds. The Hall–Kier alpha value is -2.15. The standard InChI is InChI=1S/C16H19ClN2O5/c17-12-6-7-14(19(22)23)13(8-12)16(21)24-10-15(20)18-9-11-4-2-1-3-5-11/h6-8,11H,1-5,9-10H2,(H,18,20). The summed E-state index contributed by atoms with van der Waals surface area (Å²) in [5, 5.41) is 13.8. The van der Waals surface area contributed by atoms with Gasteiger partial charge < -0.3 is 10.1 Å². The lowest BCUT2D eigenvalue weighted by Crippen LogP contribution is -2.33. The van der Waals surface area contributed by atoms with Crippen LogP contribution in [0, 0.1) is 16.0 Å². The molecular weight excluding hydrogens is 336 g/mol. The molecule has 1 aromatic rings. The smallest absolute Gasteiger partial charge is 0.345 e. The van der Waals surface area contributed by atoms with Crippen LogP contribution in [0.15, 0.2) is 18.2 Å². The molecule has 8 heteroatoms. The van der Waals surface area contributed by atoms with Crippen molar-refractivity contribution in [3.8, 4) is 0 Å². The maximum atomic E-state index is 12.0. The van der Waals surface area contributed by atoms with Gasteiger partial charge in [0.1, 0.15) is 5.56 Å². The van der Waals surface area contributed by atoms with E-state index in [0.29, 0.717) is 12.5 Å². The van der Waals surface area contributed by atoms with Gasteiger partial charge in [-0.1, -0.05) is 30.9 Å². The minimum atomic E-state index is -0.947. The van der Waals surface area contributed by atoms with Crippen LogP contribution in [0.5, 0.6) is 0 Å². The van der Waals surface area contributed by atoms with E-state index in [1.165, 1.54) is 25.3 Å². The molecule has 2 rings (SSSR count). The number of nitrogens with one attached hydrogen (secondary N) is 1. The number of hydrogen-bond acceptors (Lipinski definition) is 5. The van der Waals surface area contributed by atoms with Crippen molar-refractivity contribution in [2.75, 3.05) is 13.2 Å². The van der Waals surface area contributed by atoms with Gasteiger partial charge in [0.2, 0.25) is 0 Å². The van der Waals surface area contributed by atoms with Crippen LogP contribution in [0.3, 0.4) is 0 Å². The van der Waals surface area contributed by atoms with Gasteiger partial charge in [0.05, 0.1) is 4.92 Å². The highest BCUT2D eigenvalue weighted by Gasteiger charge is 2.22. The molecule has 24 heavy (non-hydrogen) atoms.